The first-order chi connectivity index (χ1) is 12.9. The maximum atomic E-state index is 13.0. The maximum Gasteiger partial charge on any atom is 0.254 e. The molecular weight excluding hydrogens is 385 g/mol. The van der Waals surface area contributed by atoms with Crippen molar-refractivity contribution in [2.75, 3.05) is 7.05 Å². The fourth-order valence-corrected chi connectivity index (χ4v) is 3.09. The van der Waals surface area contributed by atoms with Crippen LogP contribution in [0.3, 0.4) is 0 Å². The molecule has 0 fully saturated rings. The zero-order chi connectivity index (χ0) is 19.6. The van der Waals surface area contributed by atoms with Crippen LogP contribution in [0.25, 0.3) is 0 Å². The summed E-state index contributed by atoms with van der Waals surface area (Å²) in [5.74, 6) is -0.507. The highest BCUT2D eigenvalue weighted by Crippen LogP contribution is 2.20. The number of hydrogen-bond acceptors (Lipinski definition) is 3. The van der Waals surface area contributed by atoms with Gasteiger partial charge in [0, 0.05) is 30.2 Å². The smallest absolute Gasteiger partial charge is 0.254 e. The molecule has 3 aromatic rings. The van der Waals surface area contributed by atoms with Crippen LogP contribution < -0.4 is 0 Å². The summed E-state index contributed by atoms with van der Waals surface area (Å²) >= 11 is 12.0. The van der Waals surface area contributed by atoms with Crippen LogP contribution in [0.4, 0.5) is 0 Å². The van der Waals surface area contributed by atoms with Gasteiger partial charge in [0.25, 0.3) is 5.91 Å². The predicted molar refractivity (Wildman–Crippen MR) is 105 cm³/mol. The largest absolute Gasteiger partial charge is 0.336 e. The van der Waals surface area contributed by atoms with Crippen molar-refractivity contribution < 1.29 is 9.59 Å². The molecule has 0 aliphatic heterocycles. The average molecular weight is 402 g/mol. The van der Waals surface area contributed by atoms with E-state index in [4.69, 9.17) is 23.2 Å². The molecule has 138 valence electrons. The number of carbonyl (C=O) groups is 2. The van der Waals surface area contributed by atoms with Crippen molar-refractivity contribution in [1.82, 2.24) is 14.7 Å². The SMILES string of the molecule is CN(Cc1c(Cl)cnn1C)C(=O)c1ccccc1C(=O)c1ccc(Cl)cc1. The van der Waals surface area contributed by atoms with Crippen molar-refractivity contribution in [3.63, 3.8) is 0 Å². The van der Waals surface area contributed by atoms with Crippen LogP contribution >= 0.6 is 23.2 Å². The minimum absolute atomic E-state index is 0.234. The normalized spacial score (nSPS) is 10.7. The van der Waals surface area contributed by atoms with E-state index in [0.29, 0.717) is 32.4 Å². The van der Waals surface area contributed by atoms with Crippen molar-refractivity contribution in [2.45, 2.75) is 6.54 Å². The standard InChI is InChI=1S/C20H17Cl2N3O2/c1-24(12-18-17(22)11-23-25(18)2)20(27)16-6-4-3-5-15(16)19(26)13-7-9-14(21)10-8-13/h3-11H,12H2,1-2H3. The van der Waals surface area contributed by atoms with E-state index in [9.17, 15) is 9.59 Å². The number of rotatable bonds is 5. The summed E-state index contributed by atoms with van der Waals surface area (Å²) in [5, 5.41) is 5.11. The zero-order valence-corrected chi connectivity index (χ0v) is 16.3. The molecular formula is C20H17Cl2N3O2. The Labute approximate surface area is 167 Å². The van der Waals surface area contributed by atoms with Crippen LogP contribution in [0.15, 0.2) is 54.7 Å². The highest BCUT2D eigenvalue weighted by molar-refractivity contribution is 6.31. The molecule has 0 radical (unpaired) electrons. The number of hydrogen-bond donors (Lipinski definition) is 0. The molecule has 0 unspecified atom stereocenters. The van der Waals surface area contributed by atoms with E-state index in [1.165, 1.54) is 11.1 Å². The van der Waals surface area contributed by atoms with Gasteiger partial charge in [-0.25, -0.2) is 0 Å². The van der Waals surface area contributed by atoms with Crippen LogP contribution in [-0.2, 0) is 13.6 Å². The number of benzene rings is 2. The van der Waals surface area contributed by atoms with Crippen LogP contribution in [0.2, 0.25) is 10.0 Å². The maximum absolute atomic E-state index is 13.0. The van der Waals surface area contributed by atoms with Gasteiger partial charge < -0.3 is 4.90 Å². The number of aryl methyl sites for hydroxylation is 1. The first-order valence-corrected chi connectivity index (χ1v) is 8.95. The van der Waals surface area contributed by atoms with Gasteiger partial charge in [0.05, 0.1) is 29.0 Å². The third kappa shape index (κ3) is 4.04. The van der Waals surface area contributed by atoms with Gasteiger partial charge in [0.1, 0.15) is 0 Å². The van der Waals surface area contributed by atoms with Crippen molar-refractivity contribution in [3.05, 3.63) is 87.2 Å². The highest BCUT2D eigenvalue weighted by Gasteiger charge is 2.22. The first kappa shape index (κ1) is 19.1. The van der Waals surface area contributed by atoms with Crippen LogP contribution in [0.1, 0.15) is 32.0 Å². The van der Waals surface area contributed by atoms with Crippen molar-refractivity contribution in [3.8, 4) is 0 Å². The molecule has 0 spiro atoms. The number of nitrogens with zero attached hydrogens (tertiary/aromatic N) is 3. The van der Waals surface area contributed by atoms with E-state index >= 15 is 0 Å². The van der Waals surface area contributed by atoms with E-state index < -0.39 is 0 Å². The topological polar surface area (TPSA) is 55.2 Å². The number of amides is 1. The fraction of sp³-hybridized carbons (Fsp3) is 0.150. The van der Waals surface area contributed by atoms with E-state index in [0.717, 1.165) is 0 Å². The van der Waals surface area contributed by atoms with Crippen LogP contribution in [0.5, 0.6) is 0 Å². The van der Waals surface area contributed by atoms with E-state index in [1.807, 2.05) is 0 Å². The Hall–Kier alpha value is -2.63. The van der Waals surface area contributed by atoms with Crippen molar-refractivity contribution in [1.29, 1.82) is 0 Å². The molecule has 0 bridgehead atoms. The van der Waals surface area contributed by atoms with E-state index in [1.54, 1.807) is 67.3 Å². The van der Waals surface area contributed by atoms with Crippen LogP contribution in [0, 0.1) is 0 Å². The Bertz CT molecular complexity index is 977. The third-order valence-corrected chi connectivity index (χ3v) is 4.82. The third-order valence-electron chi connectivity index (χ3n) is 4.25. The van der Waals surface area contributed by atoms with Crippen molar-refractivity contribution in [2.24, 2.45) is 7.05 Å². The second kappa shape index (κ2) is 7.94. The van der Waals surface area contributed by atoms with Gasteiger partial charge in [-0.1, -0.05) is 41.4 Å². The number of ketones is 1. The molecule has 0 N–H and O–H groups in total. The lowest BCUT2D eigenvalue weighted by molar-refractivity contribution is 0.0777. The minimum Gasteiger partial charge on any atom is -0.336 e. The Kier molecular flexibility index (Phi) is 5.63. The van der Waals surface area contributed by atoms with Gasteiger partial charge in [-0.3, -0.25) is 14.3 Å². The second-order valence-electron chi connectivity index (χ2n) is 6.11. The van der Waals surface area contributed by atoms with Gasteiger partial charge in [-0.05, 0) is 30.3 Å². The summed E-state index contributed by atoms with van der Waals surface area (Å²) in [7, 11) is 3.42. The first-order valence-electron chi connectivity index (χ1n) is 8.19. The Morgan fingerprint density at radius 2 is 1.67 bits per heavy atom. The predicted octanol–water partition coefficient (Wildman–Crippen LogP) is 4.23. The fourth-order valence-electron chi connectivity index (χ4n) is 2.74. The zero-order valence-electron chi connectivity index (χ0n) is 14.8. The molecule has 0 aliphatic carbocycles. The number of carbonyl (C=O) groups excluding carboxylic acids is 2. The van der Waals surface area contributed by atoms with E-state index in [-0.39, 0.29) is 18.2 Å². The molecule has 7 heteroatoms. The lowest BCUT2D eigenvalue weighted by Gasteiger charge is -2.19. The minimum atomic E-state index is -0.273. The quantitative estimate of drug-likeness (QED) is 0.601. The summed E-state index contributed by atoms with van der Waals surface area (Å²) in [5.41, 5.74) is 1.86. The summed E-state index contributed by atoms with van der Waals surface area (Å²) in [6.07, 6.45) is 1.53. The number of aromatic nitrogens is 2. The molecule has 27 heavy (non-hydrogen) atoms. The summed E-state index contributed by atoms with van der Waals surface area (Å²) < 4.78 is 1.62. The van der Waals surface area contributed by atoms with Crippen molar-refractivity contribution >= 4 is 34.9 Å². The molecule has 2 aromatic carbocycles. The van der Waals surface area contributed by atoms with E-state index in [2.05, 4.69) is 5.10 Å². The molecule has 1 aromatic heterocycles. The van der Waals surface area contributed by atoms with Gasteiger partial charge in [0.15, 0.2) is 5.78 Å². The van der Waals surface area contributed by atoms with Crippen LogP contribution in [-0.4, -0.2) is 33.4 Å². The second-order valence-corrected chi connectivity index (χ2v) is 6.95. The lowest BCUT2D eigenvalue weighted by atomic mass is 9.97. The van der Waals surface area contributed by atoms with Gasteiger partial charge in [-0.2, -0.15) is 5.10 Å². The lowest BCUT2D eigenvalue weighted by Crippen LogP contribution is -2.29. The molecule has 5 nitrogen and oxygen atoms in total. The number of halogens is 2. The summed E-state index contributed by atoms with van der Waals surface area (Å²) in [6, 6.07) is 13.3. The van der Waals surface area contributed by atoms with Gasteiger partial charge >= 0.3 is 0 Å². The molecule has 3 rings (SSSR count). The molecule has 1 heterocycles. The molecule has 0 atom stereocenters. The Balaban J connectivity index is 1.89. The summed E-state index contributed by atoms with van der Waals surface area (Å²) in [4.78, 5) is 27.4. The summed E-state index contributed by atoms with van der Waals surface area (Å²) in [6.45, 7) is 0.275. The Morgan fingerprint density at radius 3 is 2.26 bits per heavy atom. The molecule has 0 saturated carbocycles. The Morgan fingerprint density at radius 1 is 1.04 bits per heavy atom. The van der Waals surface area contributed by atoms with Gasteiger partial charge in [-0.15, -0.1) is 0 Å². The highest BCUT2D eigenvalue weighted by atomic mass is 35.5. The molecule has 0 saturated heterocycles. The monoisotopic (exact) mass is 401 g/mol. The average Bonchev–Trinajstić information content (AvgIpc) is 2.99. The molecule has 0 aliphatic rings. The van der Waals surface area contributed by atoms with Gasteiger partial charge in [0.2, 0.25) is 0 Å². The molecule has 1 amide bonds.